The van der Waals surface area contributed by atoms with E-state index < -0.39 is 0 Å². The molecular formula is C14H12N4O2S. The second kappa shape index (κ2) is 5.76. The van der Waals surface area contributed by atoms with Crippen LogP contribution < -0.4 is 5.43 Å². The number of phenolic OH excluding ortho intramolecular Hbond substituents is 1. The Balaban J connectivity index is 1.58. The summed E-state index contributed by atoms with van der Waals surface area (Å²) in [6.45, 7) is 0. The maximum Gasteiger partial charge on any atom is 0.246 e. The van der Waals surface area contributed by atoms with Crippen molar-refractivity contribution in [1.82, 2.24) is 14.8 Å². The monoisotopic (exact) mass is 300 g/mol. The lowest BCUT2D eigenvalue weighted by atomic mass is 10.2. The number of thiazole rings is 1. The van der Waals surface area contributed by atoms with Crippen LogP contribution in [0.15, 0.2) is 47.1 Å². The zero-order valence-corrected chi connectivity index (χ0v) is 11.7. The van der Waals surface area contributed by atoms with Gasteiger partial charge in [0.05, 0.1) is 18.3 Å². The van der Waals surface area contributed by atoms with Crippen LogP contribution in [0, 0.1) is 0 Å². The van der Waals surface area contributed by atoms with Gasteiger partial charge >= 0.3 is 0 Å². The molecule has 0 saturated heterocycles. The summed E-state index contributed by atoms with van der Waals surface area (Å²) in [4.78, 5) is 16.9. The topological polar surface area (TPSA) is 79.0 Å². The van der Waals surface area contributed by atoms with Gasteiger partial charge in [0.25, 0.3) is 0 Å². The highest BCUT2D eigenvalue weighted by Gasteiger charge is 2.07. The molecule has 3 rings (SSSR count). The normalized spacial score (nSPS) is 11.2. The molecule has 0 atom stereocenters. The third-order valence-electron chi connectivity index (χ3n) is 2.76. The first-order valence-corrected chi connectivity index (χ1v) is 7.11. The van der Waals surface area contributed by atoms with Crippen LogP contribution in [0.5, 0.6) is 5.75 Å². The predicted molar refractivity (Wildman–Crippen MR) is 80.6 cm³/mol. The van der Waals surface area contributed by atoms with Gasteiger partial charge in [0.2, 0.25) is 5.91 Å². The SMILES string of the molecule is O=C(Cc1cn2ccsc2n1)N/N=C\c1cccc(O)c1. The van der Waals surface area contributed by atoms with E-state index >= 15 is 0 Å². The fraction of sp³-hybridized carbons (Fsp3) is 0.0714. The highest BCUT2D eigenvalue weighted by molar-refractivity contribution is 7.15. The Kier molecular flexibility index (Phi) is 3.65. The van der Waals surface area contributed by atoms with Crippen molar-refractivity contribution in [2.24, 2.45) is 5.10 Å². The van der Waals surface area contributed by atoms with E-state index in [2.05, 4.69) is 15.5 Å². The molecule has 1 aromatic carbocycles. The van der Waals surface area contributed by atoms with E-state index in [1.54, 1.807) is 24.3 Å². The fourth-order valence-electron chi connectivity index (χ4n) is 1.85. The summed E-state index contributed by atoms with van der Waals surface area (Å²) in [5.41, 5.74) is 3.85. The summed E-state index contributed by atoms with van der Waals surface area (Å²) in [6, 6.07) is 6.61. The average molecular weight is 300 g/mol. The molecule has 0 aliphatic carbocycles. The maximum absolute atomic E-state index is 11.7. The van der Waals surface area contributed by atoms with Gasteiger partial charge in [0, 0.05) is 17.8 Å². The van der Waals surface area contributed by atoms with E-state index in [9.17, 15) is 9.90 Å². The number of fused-ring (bicyclic) bond motifs is 1. The molecule has 6 nitrogen and oxygen atoms in total. The number of hydrogen-bond donors (Lipinski definition) is 2. The highest BCUT2D eigenvalue weighted by Crippen LogP contribution is 2.11. The third kappa shape index (κ3) is 3.26. The molecule has 2 aromatic heterocycles. The maximum atomic E-state index is 11.7. The number of benzene rings is 1. The van der Waals surface area contributed by atoms with Gasteiger partial charge in [-0.2, -0.15) is 5.10 Å². The average Bonchev–Trinajstić information content (AvgIpc) is 2.99. The molecule has 0 bridgehead atoms. The van der Waals surface area contributed by atoms with Crippen LogP contribution >= 0.6 is 11.3 Å². The molecule has 0 unspecified atom stereocenters. The van der Waals surface area contributed by atoms with Crippen LogP contribution in [0.2, 0.25) is 0 Å². The number of aromatic hydroxyl groups is 1. The molecule has 0 fully saturated rings. The molecule has 0 aliphatic heterocycles. The lowest BCUT2D eigenvalue weighted by Crippen LogP contribution is -2.19. The van der Waals surface area contributed by atoms with E-state index in [0.29, 0.717) is 11.3 Å². The third-order valence-corrected chi connectivity index (χ3v) is 3.53. The number of rotatable bonds is 4. The molecule has 0 radical (unpaired) electrons. The number of imidazole rings is 1. The first kappa shape index (κ1) is 13.3. The molecule has 3 aromatic rings. The van der Waals surface area contributed by atoms with Crippen LogP contribution in [-0.2, 0) is 11.2 Å². The lowest BCUT2D eigenvalue weighted by molar-refractivity contribution is -0.120. The van der Waals surface area contributed by atoms with Crippen molar-refractivity contribution < 1.29 is 9.90 Å². The zero-order chi connectivity index (χ0) is 14.7. The van der Waals surface area contributed by atoms with E-state index in [0.717, 1.165) is 4.96 Å². The molecule has 0 aliphatic rings. The summed E-state index contributed by atoms with van der Waals surface area (Å²) >= 11 is 1.52. The Morgan fingerprint density at radius 2 is 2.43 bits per heavy atom. The van der Waals surface area contributed by atoms with Crippen molar-refractivity contribution in [2.75, 3.05) is 0 Å². The Bertz CT molecular complexity index is 778. The number of hydrazone groups is 1. The minimum Gasteiger partial charge on any atom is -0.508 e. The number of aromatic nitrogens is 2. The van der Waals surface area contributed by atoms with Crippen molar-refractivity contribution >= 4 is 28.4 Å². The first-order valence-electron chi connectivity index (χ1n) is 6.23. The molecule has 21 heavy (non-hydrogen) atoms. The van der Waals surface area contributed by atoms with Gasteiger partial charge in [-0.1, -0.05) is 12.1 Å². The minimum atomic E-state index is -0.239. The van der Waals surface area contributed by atoms with Crippen LogP contribution in [0.3, 0.4) is 0 Å². The van der Waals surface area contributed by atoms with Crippen LogP contribution in [-0.4, -0.2) is 26.6 Å². The second-order valence-electron chi connectivity index (χ2n) is 4.39. The minimum absolute atomic E-state index is 0.156. The smallest absolute Gasteiger partial charge is 0.246 e. The van der Waals surface area contributed by atoms with Crippen molar-refractivity contribution in [2.45, 2.75) is 6.42 Å². The van der Waals surface area contributed by atoms with E-state index in [1.807, 2.05) is 22.2 Å². The number of amides is 1. The van der Waals surface area contributed by atoms with Gasteiger partial charge in [-0.05, 0) is 17.7 Å². The number of nitrogens with zero attached hydrogens (tertiary/aromatic N) is 3. The number of carbonyl (C=O) groups is 1. The van der Waals surface area contributed by atoms with Crippen molar-refractivity contribution in [3.63, 3.8) is 0 Å². The molecule has 106 valence electrons. The fourth-order valence-corrected chi connectivity index (χ4v) is 2.57. The lowest BCUT2D eigenvalue weighted by Gasteiger charge is -1.97. The van der Waals surface area contributed by atoms with Gasteiger partial charge in [0.1, 0.15) is 5.75 Å². The quantitative estimate of drug-likeness (QED) is 0.569. The van der Waals surface area contributed by atoms with Crippen molar-refractivity contribution in [3.8, 4) is 5.75 Å². The Morgan fingerprint density at radius 1 is 1.52 bits per heavy atom. The largest absolute Gasteiger partial charge is 0.508 e. The van der Waals surface area contributed by atoms with Crippen LogP contribution in [0.1, 0.15) is 11.3 Å². The van der Waals surface area contributed by atoms with Gasteiger partial charge in [-0.25, -0.2) is 10.4 Å². The Labute approximate surface area is 124 Å². The second-order valence-corrected chi connectivity index (χ2v) is 5.26. The van der Waals surface area contributed by atoms with Gasteiger partial charge in [-0.15, -0.1) is 11.3 Å². The van der Waals surface area contributed by atoms with E-state index in [4.69, 9.17) is 0 Å². The predicted octanol–water partition coefficient (Wildman–Crippen LogP) is 1.79. The molecule has 0 saturated carbocycles. The zero-order valence-electron chi connectivity index (χ0n) is 10.9. The molecule has 1 amide bonds. The summed E-state index contributed by atoms with van der Waals surface area (Å²) in [5, 5.41) is 15.1. The summed E-state index contributed by atoms with van der Waals surface area (Å²) in [7, 11) is 0. The number of hydrogen-bond acceptors (Lipinski definition) is 5. The molecule has 7 heteroatoms. The Hall–Kier alpha value is -2.67. The molecular weight excluding hydrogens is 288 g/mol. The van der Waals surface area contributed by atoms with E-state index in [1.165, 1.54) is 17.6 Å². The van der Waals surface area contributed by atoms with Crippen molar-refractivity contribution in [1.29, 1.82) is 0 Å². The first-order chi connectivity index (χ1) is 10.2. The summed E-state index contributed by atoms with van der Waals surface area (Å²) in [5.74, 6) is -0.0829. The number of nitrogens with one attached hydrogen (secondary N) is 1. The summed E-state index contributed by atoms with van der Waals surface area (Å²) in [6.07, 6.45) is 5.37. The highest BCUT2D eigenvalue weighted by atomic mass is 32.1. The standard InChI is InChI=1S/C14H12N4O2S/c19-12-3-1-2-10(6-12)8-15-17-13(20)7-11-9-18-4-5-21-14(18)16-11/h1-6,8-9,19H,7H2,(H,17,20)/b15-8-. The number of carbonyl (C=O) groups excluding carboxylic acids is 1. The van der Waals surface area contributed by atoms with Crippen molar-refractivity contribution in [3.05, 3.63) is 53.3 Å². The van der Waals surface area contributed by atoms with Gasteiger partial charge < -0.3 is 5.11 Å². The van der Waals surface area contributed by atoms with E-state index in [-0.39, 0.29) is 18.1 Å². The Morgan fingerprint density at radius 3 is 3.24 bits per heavy atom. The van der Waals surface area contributed by atoms with Gasteiger partial charge in [0.15, 0.2) is 4.96 Å². The summed E-state index contributed by atoms with van der Waals surface area (Å²) < 4.78 is 1.88. The molecule has 0 spiro atoms. The van der Waals surface area contributed by atoms with Crippen LogP contribution in [0.4, 0.5) is 0 Å². The van der Waals surface area contributed by atoms with Crippen LogP contribution in [0.25, 0.3) is 4.96 Å². The van der Waals surface area contributed by atoms with Gasteiger partial charge in [-0.3, -0.25) is 9.20 Å². The molecule has 2 N–H and O–H groups in total. The molecule has 2 heterocycles. The number of phenols is 1.